The first-order valence-corrected chi connectivity index (χ1v) is 5.62. The molecule has 0 aliphatic carbocycles. The summed E-state index contributed by atoms with van der Waals surface area (Å²) < 4.78 is 0. The van der Waals surface area contributed by atoms with Crippen LogP contribution in [0.2, 0.25) is 0 Å². The zero-order valence-electron chi connectivity index (χ0n) is 9.77. The van der Waals surface area contributed by atoms with Gasteiger partial charge in [-0.25, -0.2) is 0 Å². The highest BCUT2D eigenvalue weighted by atomic mass is 14.7. The van der Waals surface area contributed by atoms with Crippen molar-refractivity contribution in [1.82, 2.24) is 0 Å². The number of rotatable bonds is 0. The second-order valence-corrected chi connectivity index (χ2v) is 4.47. The summed E-state index contributed by atoms with van der Waals surface area (Å²) in [6, 6.07) is 11.5. The fourth-order valence-electron chi connectivity index (χ4n) is 2.20. The Labute approximate surface area is 104 Å². The summed E-state index contributed by atoms with van der Waals surface area (Å²) >= 11 is 0. The normalized spacial score (nSPS) is 11.1. The summed E-state index contributed by atoms with van der Waals surface area (Å²) in [5.41, 5.74) is 25.8. The molecule has 4 nitrogen and oxygen atoms in total. The van der Waals surface area contributed by atoms with E-state index in [9.17, 15) is 0 Å². The smallest absolute Gasteiger partial charge is 0.0627 e. The van der Waals surface area contributed by atoms with Crippen molar-refractivity contribution in [3.8, 4) is 0 Å². The van der Waals surface area contributed by atoms with Gasteiger partial charge in [-0.1, -0.05) is 6.07 Å². The van der Waals surface area contributed by atoms with Crippen molar-refractivity contribution in [2.75, 3.05) is 22.9 Å². The molecular formula is C14H14N4. The maximum atomic E-state index is 6.00. The molecule has 0 saturated carbocycles. The van der Waals surface area contributed by atoms with E-state index in [2.05, 4.69) is 0 Å². The van der Waals surface area contributed by atoms with Gasteiger partial charge in [0.05, 0.1) is 22.7 Å². The summed E-state index contributed by atoms with van der Waals surface area (Å²) in [7, 11) is 0. The van der Waals surface area contributed by atoms with E-state index in [1.54, 1.807) is 0 Å². The van der Waals surface area contributed by atoms with Gasteiger partial charge in [-0.05, 0) is 46.5 Å². The predicted octanol–water partition coefficient (Wildman–Crippen LogP) is 2.32. The highest BCUT2D eigenvalue weighted by Crippen LogP contribution is 2.32. The van der Waals surface area contributed by atoms with Crippen LogP contribution < -0.4 is 22.9 Å². The van der Waals surface area contributed by atoms with E-state index in [0.717, 1.165) is 21.5 Å². The molecule has 18 heavy (non-hydrogen) atoms. The first kappa shape index (κ1) is 10.5. The van der Waals surface area contributed by atoms with Crippen molar-refractivity contribution in [2.24, 2.45) is 0 Å². The summed E-state index contributed by atoms with van der Waals surface area (Å²) in [5.74, 6) is 0. The van der Waals surface area contributed by atoms with Crippen LogP contribution in [-0.2, 0) is 0 Å². The van der Waals surface area contributed by atoms with Crippen molar-refractivity contribution in [2.45, 2.75) is 0 Å². The van der Waals surface area contributed by atoms with Gasteiger partial charge in [0.25, 0.3) is 0 Å². The molecule has 0 unspecified atom stereocenters. The van der Waals surface area contributed by atoms with Gasteiger partial charge in [0.2, 0.25) is 0 Å². The number of hydrogen-bond acceptors (Lipinski definition) is 4. The Bertz CT molecular complexity index is 777. The van der Waals surface area contributed by atoms with Crippen LogP contribution in [0.5, 0.6) is 0 Å². The largest absolute Gasteiger partial charge is 0.397 e. The molecule has 0 aromatic heterocycles. The van der Waals surface area contributed by atoms with Crippen LogP contribution >= 0.6 is 0 Å². The minimum Gasteiger partial charge on any atom is -0.397 e. The topological polar surface area (TPSA) is 104 Å². The van der Waals surface area contributed by atoms with Crippen LogP contribution in [0.15, 0.2) is 36.4 Å². The summed E-state index contributed by atoms with van der Waals surface area (Å²) in [6.07, 6.45) is 0. The SMILES string of the molecule is Nc1cc2cc3ccc(N)c(N)c3cc2cc1N. The maximum Gasteiger partial charge on any atom is 0.0627 e. The Morgan fingerprint density at radius 3 is 1.83 bits per heavy atom. The second-order valence-electron chi connectivity index (χ2n) is 4.47. The van der Waals surface area contributed by atoms with Gasteiger partial charge in [-0.3, -0.25) is 0 Å². The summed E-state index contributed by atoms with van der Waals surface area (Å²) in [5, 5.41) is 4.02. The molecule has 3 rings (SSSR count). The number of benzene rings is 3. The molecule has 0 bridgehead atoms. The van der Waals surface area contributed by atoms with Crippen LogP contribution in [0.3, 0.4) is 0 Å². The molecule has 3 aromatic rings. The molecular weight excluding hydrogens is 224 g/mol. The minimum absolute atomic E-state index is 0.573. The van der Waals surface area contributed by atoms with Gasteiger partial charge >= 0.3 is 0 Å². The second kappa shape index (κ2) is 3.43. The first-order valence-electron chi connectivity index (χ1n) is 5.62. The molecule has 0 aliphatic rings. The van der Waals surface area contributed by atoms with Crippen molar-refractivity contribution in [3.05, 3.63) is 36.4 Å². The van der Waals surface area contributed by atoms with E-state index in [4.69, 9.17) is 22.9 Å². The Morgan fingerprint density at radius 1 is 0.556 bits per heavy atom. The van der Waals surface area contributed by atoms with Gasteiger partial charge < -0.3 is 22.9 Å². The molecule has 4 heteroatoms. The molecule has 0 spiro atoms. The summed E-state index contributed by atoms with van der Waals surface area (Å²) in [6.45, 7) is 0. The number of nitrogen functional groups attached to an aromatic ring is 4. The maximum absolute atomic E-state index is 6.00. The Morgan fingerprint density at radius 2 is 1.17 bits per heavy atom. The van der Waals surface area contributed by atoms with Crippen LogP contribution in [0.1, 0.15) is 0 Å². The fourth-order valence-corrected chi connectivity index (χ4v) is 2.20. The van der Waals surface area contributed by atoms with Crippen LogP contribution in [0, 0.1) is 0 Å². The van der Waals surface area contributed by atoms with Gasteiger partial charge in [-0.15, -0.1) is 0 Å². The Balaban J connectivity index is 2.47. The van der Waals surface area contributed by atoms with E-state index in [-0.39, 0.29) is 0 Å². The molecule has 3 aromatic carbocycles. The molecule has 0 radical (unpaired) electrons. The average molecular weight is 238 g/mol. The standard InChI is InChI=1S/C14H14N4/c15-11-2-1-7-3-8-5-12(16)13(17)6-9(8)4-10(7)14(11)18/h1-6H,15-18H2. The van der Waals surface area contributed by atoms with Crippen LogP contribution in [-0.4, -0.2) is 0 Å². The summed E-state index contributed by atoms with van der Waals surface area (Å²) in [4.78, 5) is 0. The molecule has 0 saturated heterocycles. The molecule has 0 fully saturated rings. The third kappa shape index (κ3) is 1.39. The van der Waals surface area contributed by atoms with Crippen molar-refractivity contribution >= 4 is 44.3 Å². The number of hydrogen-bond donors (Lipinski definition) is 4. The van der Waals surface area contributed by atoms with Crippen molar-refractivity contribution in [1.29, 1.82) is 0 Å². The predicted molar refractivity (Wildman–Crippen MR) is 79.1 cm³/mol. The van der Waals surface area contributed by atoms with Gasteiger partial charge in [-0.2, -0.15) is 0 Å². The van der Waals surface area contributed by atoms with E-state index < -0.39 is 0 Å². The number of anilines is 4. The third-order valence-corrected chi connectivity index (χ3v) is 3.25. The van der Waals surface area contributed by atoms with Crippen LogP contribution in [0.4, 0.5) is 22.7 Å². The molecule has 90 valence electrons. The fraction of sp³-hybridized carbons (Fsp3) is 0. The Kier molecular flexibility index (Phi) is 2.01. The molecule has 0 aliphatic heterocycles. The van der Waals surface area contributed by atoms with E-state index in [1.165, 1.54) is 0 Å². The van der Waals surface area contributed by atoms with Gasteiger partial charge in [0, 0.05) is 5.39 Å². The lowest BCUT2D eigenvalue weighted by atomic mass is 10.0. The lowest BCUT2D eigenvalue weighted by molar-refractivity contribution is 1.70. The molecule has 0 atom stereocenters. The van der Waals surface area contributed by atoms with Gasteiger partial charge in [0.1, 0.15) is 0 Å². The third-order valence-electron chi connectivity index (χ3n) is 3.25. The highest BCUT2D eigenvalue weighted by Gasteiger charge is 2.05. The van der Waals surface area contributed by atoms with E-state index >= 15 is 0 Å². The molecule has 8 N–H and O–H groups in total. The van der Waals surface area contributed by atoms with E-state index in [0.29, 0.717) is 22.7 Å². The van der Waals surface area contributed by atoms with E-state index in [1.807, 2.05) is 36.4 Å². The minimum atomic E-state index is 0.573. The zero-order chi connectivity index (χ0) is 12.9. The highest BCUT2D eigenvalue weighted by molar-refractivity contribution is 6.07. The Hall–Kier alpha value is -2.62. The van der Waals surface area contributed by atoms with Crippen molar-refractivity contribution in [3.63, 3.8) is 0 Å². The lowest BCUT2D eigenvalue weighted by Gasteiger charge is -2.09. The zero-order valence-corrected chi connectivity index (χ0v) is 9.77. The van der Waals surface area contributed by atoms with Gasteiger partial charge in [0.15, 0.2) is 0 Å². The molecule has 0 heterocycles. The average Bonchev–Trinajstić information content (AvgIpc) is 2.34. The van der Waals surface area contributed by atoms with Crippen LogP contribution in [0.25, 0.3) is 21.5 Å². The number of fused-ring (bicyclic) bond motifs is 2. The first-order chi connectivity index (χ1) is 8.56. The van der Waals surface area contributed by atoms with Crippen molar-refractivity contribution < 1.29 is 0 Å². The molecule has 0 amide bonds. The number of nitrogens with two attached hydrogens (primary N) is 4. The monoisotopic (exact) mass is 238 g/mol. The quantitative estimate of drug-likeness (QED) is 0.356. The lowest BCUT2D eigenvalue weighted by Crippen LogP contribution is -1.96.